The van der Waals surface area contributed by atoms with Crippen LogP contribution in [-0.2, 0) is 12.0 Å². The maximum Gasteiger partial charge on any atom is 0.0208 e. The van der Waals surface area contributed by atoms with Crippen LogP contribution in [0.3, 0.4) is 0 Å². The Hall–Kier alpha value is -0.470. The van der Waals surface area contributed by atoms with E-state index in [1.165, 1.54) is 16.7 Å². The Kier molecular flexibility index (Phi) is 4.88. The van der Waals surface area contributed by atoms with E-state index in [0.29, 0.717) is 0 Å². The van der Waals surface area contributed by atoms with Gasteiger partial charge in [0.25, 0.3) is 0 Å². The third kappa shape index (κ3) is 3.84. The molecule has 2 heteroatoms. The summed E-state index contributed by atoms with van der Waals surface area (Å²) in [4.78, 5) is 0. The SMILES string of the molecule is Cc1cc(C(C)(C)C)ccc1CNCCS. The van der Waals surface area contributed by atoms with Crippen molar-refractivity contribution in [3.63, 3.8) is 0 Å². The number of hydrogen-bond acceptors (Lipinski definition) is 2. The van der Waals surface area contributed by atoms with Gasteiger partial charge in [-0.05, 0) is 29.0 Å². The van der Waals surface area contributed by atoms with Crippen LogP contribution in [0.4, 0.5) is 0 Å². The molecule has 1 aromatic carbocycles. The molecule has 0 unspecified atom stereocenters. The van der Waals surface area contributed by atoms with E-state index in [9.17, 15) is 0 Å². The van der Waals surface area contributed by atoms with Gasteiger partial charge in [-0.1, -0.05) is 39.0 Å². The standard InChI is InChI=1S/C14H23NS/c1-11-9-13(14(2,3)4)6-5-12(11)10-15-7-8-16/h5-6,9,15-16H,7-8,10H2,1-4H3. The lowest BCUT2D eigenvalue weighted by Crippen LogP contribution is -2.17. The first-order valence-electron chi connectivity index (χ1n) is 5.86. The van der Waals surface area contributed by atoms with E-state index in [4.69, 9.17) is 0 Å². The number of rotatable bonds is 4. The van der Waals surface area contributed by atoms with Crippen LogP contribution in [0.2, 0.25) is 0 Å². The molecule has 0 radical (unpaired) electrons. The summed E-state index contributed by atoms with van der Waals surface area (Å²) in [6, 6.07) is 6.78. The summed E-state index contributed by atoms with van der Waals surface area (Å²) in [6.45, 7) is 10.8. The summed E-state index contributed by atoms with van der Waals surface area (Å²) in [7, 11) is 0. The lowest BCUT2D eigenvalue weighted by molar-refractivity contribution is 0.589. The van der Waals surface area contributed by atoms with Crippen molar-refractivity contribution in [3.8, 4) is 0 Å². The smallest absolute Gasteiger partial charge is 0.0208 e. The number of hydrogen-bond donors (Lipinski definition) is 2. The molecular weight excluding hydrogens is 214 g/mol. The van der Waals surface area contributed by atoms with E-state index in [2.05, 4.69) is 63.8 Å². The van der Waals surface area contributed by atoms with Crippen molar-refractivity contribution in [2.45, 2.75) is 39.7 Å². The monoisotopic (exact) mass is 237 g/mol. The molecule has 1 aromatic rings. The Morgan fingerprint density at radius 1 is 1.25 bits per heavy atom. The molecule has 1 rings (SSSR count). The summed E-state index contributed by atoms with van der Waals surface area (Å²) >= 11 is 4.18. The second-order valence-corrected chi connectivity index (χ2v) is 5.74. The molecule has 0 amide bonds. The molecular formula is C14H23NS. The van der Waals surface area contributed by atoms with E-state index in [1.807, 2.05) is 0 Å². The fourth-order valence-corrected chi connectivity index (χ4v) is 1.82. The zero-order valence-corrected chi connectivity index (χ0v) is 11.7. The summed E-state index contributed by atoms with van der Waals surface area (Å²) in [6.07, 6.45) is 0. The maximum absolute atomic E-state index is 4.18. The van der Waals surface area contributed by atoms with Crippen LogP contribution in [0.25, 0.3) is 0 Å². The third-order valence-electron chi connectivity index (χ3n) is 2.81. The van der Waals surface area contributed by atoms with E-state index < -0.39 is 0 Å². The lowest BCUT2D eigenvalue weighted by Gasteiger charge is -2.20. The van der Waals surface area contributed by atoms with Crippen LogP contribution < -0.4 is 5.32 Å². The topological polar surface area (TPSA) is 12.0 Å². The Morgan fingerprint density at radius 3 is 2.44 bits per heavy atom. The van der Waals surface area contributed by atoms with Gasteiger partial charge in [0, 0.05) is 18.8 Å². The molecule has 0 saturated heterocycles. The van der Waals surface area contributed by atoms with Gasteiger partial charge in [0.15, 0.2) is 0 Å². The fourth-order valence-electron chi connectivity index (χ4n) is 1.66. The van der Waals surface area contributed by atoms with Gasteiger partial charge in [-0.15, -0.1) is 0 Å². The van der Waals surface area contributed by atoms with Gasteiger partial charge in [0.05, 0.1) is 0 Å². The van der Waals surface area contributed by atoms with Gasteiger partial charge in [-0.2, -0.15) is 12.6 Å². The average molecular weight is 237 g/mol. The van der Waals surface area contributed by atoms with Gasteiger partial charge < -0.3 is 5.32 Å². The molecule has 0 aromatic heterocycles. The van der Waals surface area contributed by atoms with Crippen molar-refractivity contribution in [3.05, 3.63) is 34.9 Å². The van der Waals surface area contributed by atoms with Crippen molar-refractivity contribution >= 4 is 12.6 Å². The van der Waals surface area contributed by atoms with Gasteiger partial charge >= 0.3 is 0 Å². The Bertz CT molecular complexity index is 339. The maximum atomic E-state index is 4.18. The number of thiol groups is 1. The van der Waals surface area contributed by atoms with E-state index in [-0.39, 0.29) is 5.41 Å². The second-order valence-electron chi connectivity index (χ2n) is 5.29. The van der Waals surface area contributed by atoms with Crippen molar-refractivity contribution in [1.29, 1.82) is 0 Å². The third-order valence-corrected chi connectivity index (χ3v) is 3.04. The minimum Gasteiger partial charge on any atom is -0.312 e. The molecule has 0 heterocycles. The zero-order chi connectivity index (χ0) is 12.2. The van der Waals surface area contributed by atoms with Crippen LogP contribution in [-0.4, -0.2) is 12.3 Å². The number of aryl methyl sites for hydroxylation is 1. The molecule has 1 nitrogen and oxygen atoms in total. The molecule has 90 valence electrons. The van der Waals surface area contributed by atoms with Gasteiger partial charge in [-0.25, -0.2) is 0 Å². The van der Waals surface area contributed by atoms with E-state index >= 15 is 0 Å². The van der Waals surface area contributed by atoms with Crippen LogP contribution in [0.15, 0.2) is 18.2 Å². The first-order valence-corrected chi connectivity index (χ1v) is 6.50. The Morgan fingerprint density at radius 2 is 1.94 bits per heavy atom. The van der Waals surface area contributed by atoms with Crippen molar-refractivity contribution in [1.82, 2.24) is 5.32 Å². The minimum absolute atomic E-state index is 0.238. The first kappa shape index (κ1) is 13.6. The van der Waals surface area contributed by atoms with Crippen LogP contribution in [0.1, 0.15) is 37.5 Å². The largest absolute Gasteiger partial charge is 0.312 e. The highest BCUT2D eigenvalue weighted by molar-refractivity contribution is 7.80. The van der Waals surface area contributed by atoms with E-state index in [1.54, 1.807) is 0 Å². The van der Waals surface area contributed by atoms with Crippen LogP contribution in [0, 0.1) is 6.92 Å². The van der Waals surface area contributed by atoms with Crippen molar-refractivity contribution in [2.75, 3.05) is 12.3 Å². The number of benzene rings is 1. The summed E-state index contributed by atoms with van der Waals surface area (Å²) in [5.74, 6) is 0.888. The molecule has 0 bridgehead atoms. The predicted octanol–water partition coefficient (Wildman–Crippen LogP) is 3.31. The predicted molar refractivity (Wildman–Crippen MR) is 75.4 cm³/mol. The molecule has 0 aliphatic rings. The summed E-state index contributed by atoms with van der Waals surface area (Å²) in [5, 5.41) is 3.37. The van der Waals surface area contributed by atoms with E-state index in [0.717, 1.165) is 18.8 Å². The fraction of sp³-hybridized carbons (Fsp3) is 0.571. The average Bonchev–Trinajstić information content (AvgIpc) is 2.19. The summed E-state index contributed by atoms with van der Waals surface area (Å²) < 4.78 is 0. The molecule has 0 aliphatic heterocycles. The highest BCUT2D eigenvalue weighted by Gasteiger charge is 2.14. The lowest BCUT2D eigenvalue weighted by atomic mass is 9.85. The van der Waals surface area contributed by atoms with Crippen molar-refractivity contribution < 1.29 is 0 Å². The molecule has 0 atom stereocenters. The zero-order valence-electron chi connectivity index (χ0n) is 10.8. The quantitative estimate of drug-likeness (QED) is 0.605. The normalized spacial score (nSPS) is 11.8. The van der Waals surface area contributed by atoms with Gasteiger partial charge in [0.1, 0.15) is 0 Å². The van der Waals surface area contributed by atoms with Gasteiger partial charge in [0.2, 0.25) is 0 Å². The van der Waals surface area contributed by atoms with Crippen LogP contribution in [0.5, 0.6) is 0 Å². The highest BCUT2D eigenvalue weighted by atomic mass is 32.1. The Balaban J connectivity index is 2.76. The van der Waals surface area contributed by atoms with Crippen molar-refractivity contribution in [2.24, 2.45) is 0 Å². The highest BCUT2D eigenvalue weighted by Crippen LogP contribution is 2.24. The molecule has 0 spiro atoms. The molecule has 1 N–H and O–H groups in total. The molecule has 0 fully saturated rings. The van der Waals surface area contributed by atoms with Gasteiger partial charge in [-0.3, -0.25) is 0 Å². The summed E-state index contributed by atoms with van der Waals surface area (Å²) in [5.41, 5.74) is 4.40. The molecule has 16 heavy (non-hydrogen) atoms. The van der Waals surface area contributed by atoms with Crippen LogP contribution >= 0.6 is 12.6 Å². The second kappa shape index (κ2) is 5.74. The minimum atomic E-state index is 0.238. The Labute approximate surface area is 105 Å². The molecule has 0 aliphatic carbocycles. The first-order chi connectivity index (χ1) is 7.45. The molecule has 0 saturated carbocycles. The number of nitrogens with one attached hydrogen (secondary N) is 1.